The predicted octanol–water partition coefficient (Wildman–Crippen LogP) is 6.14. The Morgan fingerprint density at radius 2 is 1.57 bits per heavy atom. The van der Waals surface area contributed by atoms with Crippen LogP contribution in [0.2, 0.25) is 5.02 Å². The van der Waals surface area contributed by atoms with Crippen LogP contribution in [-0.4, -0.2) is 50.3 Å². The highest BCUT2D eigenvalue weighted by molar-refractivity contribution is 7.92. The fourth-order valence-electron chi connectivity index (χ4n) is 5.41. The molecule has 7 nitrogen and oxygen atoms in total. The number of hydrogen-bond donors (Lipinski definition) is 1. The van der Waals surface area contributed by atoms with Crippen LogP contribution in [0.3, 0.4) is 0 Å². The topological polar surface area (TPSA) is 86.8 Å². The summed E-state index contributed by atoms with van der Waals surface area (Å²) in [7, 11) is -4.13. The molecule has 3 aromatic rings. The molecule has 0 spiro atoms. The van der Waals surface area contributed by atoms with Crippen molar-refractivity contribution in [3.05, 3.63) is 95.0 Å². The predicted molar refractivity (Wildman–Crippen MR) is 168 cm³/mol. The van der Waals surface area contributed by atoms with Gasteiger partial charge < -0.3 is 10.2 Å². The lowest BCUT2D eigenvalue weighted by atomic mass is 9.95. The van der Waals surface area contributed by atoms with Crippen LogP contribution in [-0.2, 0) is 26.0 Å². The molecular weight excluding hydrogens is 570 g/mol. The third-order valence-electron chi connectivity index (χ3n) is 7.82. The summed E-state index contributed by atoms with van der Waals surface area (Å²) in [5, 5.41) is 3.59. The van der Waals surface area contributed by atoms with Crippen LogP contribution < -0.4 is 9.62 Å². The van der Waals surface area contributed by atoms with E-state index in [2.05, 4.69) is 5.32 Å². The molecule has 2 amide bonds. The fourth-order valence-corrected chi connectivity index (χ4v) is 6.95. The maximum Gasteiger partial charge on any atom is 0.264 e. The average molecular weight is 610 g/mol. The highest BCUT2D eigenvalue weighted by atomic mass is 35.5. The van der Waals surface area contributed by atoms with Gasteiger partial charge in [0.25, 0.3) is 10.0 Å². The molecule has 1 aliphatic rings. The quantitative estimate of drug-likeness (QED) is 0.267. The standard InChI is InChI=1S/C33H40ClN3O4S/c1-3-31(33(39)35-28-12-8-5-9-13-28)36(23-22-26-10-6-4-7-11-26)32(38)24-37(29-18-14-25(2)15-19-29)42(40,41)30-20-16-27(34)17-21-30/h4,6-7,10-11,14-21,28,31H,3,5,8-9,12-13,22-24H2,1-2H3,(H,35,39)/t31-/m1/s1. The summed E-state index contributed by atoms with van der Waals surface area (Å²) < 4.78 is 29.0. The first kappa shape index (κ1) is 31.6. The molecule has 0 aliphatic heterocycles. The van der Waals surface area contributed by atoms with E-state index in [1.807, 2.05) is 56.3 Å². The average Bonchev–Trinajstić information content (AvgIpc) is 2.99. The normalized spacial score (nSPS) is 14.6. The Labute approximate surface area is 254 Å². The summed E-state index contributed by atoms with van der Waals surface area (Å²) in [5.41, 5.74) is 2.36. The lowest BCUT2D eigenvalue weighted by molar-refractivity contribution is -0.140. The number of aryl methyl sites for hydroxylation is 1. The van der Waals surface area contributed by atoms with E-state index in [9.17, 15) is 18.0 Å². The summed E-state index contributed by atoms with van der Waals surface area (Å²) >= 11 is 6.03. The molecule has 1 N–H and O–H groups in total. The summed E-state index contributed by atoms with van der Waals surface area (Å²) in [6.07, 6.45) is 6.13. The zero-order valence-corrected chi connectivity index (χ0v) is 25.9. The Kier molecular flexibility index (Phi) is 11.0. The molecule has 1 fully saturated rings. The van der Waals surface area contributed by atoms with Gasteiger partial charge in [0.05, 0.1) is 10.6 Å². The van der Waals surface area contributed by atoms with Gasteiger partial charge in [-0.15, -0.1) is 0 Å². The van der Waals surface area contributed by atoms with Crippen LogP contribution in [0.4, 0.5) is 5.69 Å². The summed E-state index contributed by atoms with van der Waals surface area (Å²) in [4.78, 5) is 29.3. The zero-order valence-electron chi connectivity index (χ0n) is 24.3. The Balaban J connectivity index is 1.66. The Bertz CT molecular complexity index is 1420. The number of amides is 2. The number of anilines is 1. The van der Waals surface area contributed by atoms with Gasteiger partial charge >= 0.3 is 0 Å². The van der Waals surface area contributed by atoms with Crippen LogP contribution in [0.25, 0.3) is 0 Å². The van der Waals surface area contributed by atoms with Gasteiger partial charge in [0.2, 0.25) is 11.8 Å². The van der Waals surface area contributed by atoms with Crippen LogP contribution in [0.1, 0.15) is 56.6 Å². The van der Waals surface area contributed by atoms with Crippen molar-refractivity contribution in [2.24, 2.45) is 0 Å². The SMILES string of the molecule is CC[C@H](C(=O)NC1CCCCC1)N(CCc1ccccc1)C(=O)CN(c1ccc(C)cc1)S(=O)(=O)c1ccc(Cl)cc1. The molecule has 0 aromatic heterocycles. The van der Waals surface area contributed by atoms with Gasteiger partial charge in [-0.1, -0.05) is 85.8 Å². The molecule has 3 aromatic carbocycles. The number of nitrogens with zero attached hydrogens (tertiary/aromatic N) is 2. The fraction of sp³-hybridized carbons (Fsp3) is 0.394. The molecule has 1 saturated carbocycles. The number of nitrogens with one attached hydrogen (secondary N) is 1. The van der Waals surface area contributed by atoms with Crippen molar-refractivity contribution in [2.45, 2.75) is 75.8 Å². The molecule has 9 heteroatoms. The molecule has 42 heavy (non-hydrogen) atoms. The first-order valence-electron chi connectivity index (χ1n) is 14.7. The molecule has 0 bridgehead atoms. The Morgan fingerprint density at radius 1 is 0.929 bits per heavy atom. The van der Waals surface area contributed by atoms with Crippen LogP contribution in [0, 0.1) is 6.92 Å². The molecule has 0 unspecified atom stereocenters. The van der Waals surface area contributed by atoms with Crippen molar-refractivity contribution < 1.29 is 18.0 Å². The van der Waals surface area contributed by atoms with Gasteiger partial charge in [-0.3, -0.25) is 13.9 Å². The second kappa shape index (κ2) is 14.7. The third kappa shape index (κ3) is 8.13. The second-order valence-electron chi connectivity index (χ2n) is 10.9. The van der Waals surface area contributed by atoms with Crippen molar-refractivity contribution in [1.82, 2.24) is 10.2 Å². The Morgan fingerprint density at radius 3 is 2.19 bits per heavy atom. The van der Waals surface area contributed by atoms with E-state index in [1.165, 1.54) is 30.7 Å². The minimum absolute atomic E-state index is 0.0261. The van der Waals surface area contributed by atoms with E-state index in [0.717, 1.165) is 41.1 Å². The molecule has 0 saturated heterocycles. The first-order valence-corrected chi connectivity index (χ1v) is 16.5. The van der Waals surface area contributed by atoms with Crippen molar-refractivity contribution in [2.75, 3.05) is 17.4 Å². The van der Waals surface area contributed by atoms with E-state index in [4.69, 9.17) is 11.6 Å². The molecule has 4 rings (SSSR count). The van der Waals surface area contributed by atoms with Gasteiger partial charge in [-0.2, -0.15) is 0 Å². The van der Waals surface area contributed by atoms with E-state index < -0.39 is 28.5 Å². The number of carbonyl (C=O) groups excluding carboxylic acids is 2. The summed E-state index contributed by atoms with van der Waals surface area (Å²) in [5.74, 6) is -0.622. The minimum atomic E-state index is -4.13. The Hall–Kier alpha value is -3.36. The summed E-state index contributed by atoms with van der Waals surface area (Å²) in [6, 6.07) is 22.0. The van der Waals surface area contributed by atoms with Crippen LogP contribution in [0.5, 0.6) is 0 Å². The number of sulfonamides is 1. The van der Waals surface area contributed by atoms with Crippen molar-refractivity contribution in [3.8, 4) is 0 Å². The highest BCUT2D eigenvalue weighted by Gasteiger charge is 2.34. The van der Waals surface area contributed by atoms with Gasteiger partial charge in [-0.25, -0.2) is 8.42 Å². The number of hydrogen-bond acceptors (Lipinski definition) is 4. The van der Waals surface area contributed by atoms with Gasteiger partial charge in [-0.05, 0) is 74.6 Å². The monoisotopic (exact) mass is 609 g/mol. The molecule has 1 aliphatic carbocycles. The summed E-state index contributed by atoms with van der Waals surface area (Å²) in [6.45, 7) is 3.63. The van der Waals surface area contributed by atoms with E-state index in [1.54, 1.807) is 17.0 Å². The molecule has 224 valence electrons. The molecule has 0 heterocycles. The van der Waals surface area contributed by atoms with E-state index in [-0.39, 0.29) is 23.4 Å². The lowest BCUT2D eigenvalue weighted by Gasteiger charge is -2.34. The van der Waals surface area contributed by atoms with Crippen LogP contribution >= 0.6 is 11.6 Å². The maximum absolute atomic E-state index is 14.2. The van der Waals surface area contributed by atoms with Gasteiger partial charge in [0.15, 0.2) is 0 Å². The van der Waals surface area contributed by atoms with Gasteiger partial charge in [0, 0.05) is 17.6 Å². The van der Waals surface area contributed by atoms with Gasteiger partial charge in [0.1, 0.15) is 12.6 Å². The molecular formula is C33H40ClN3O4S. The number of carbonyl (C=O) groups is 2. The first-order chi connectivity index (χ1) is 20.2. The number of rotatable bonds is 12. The second-order valence-corrected chi connectivity index (χ2v) is 13.2. The van der Waals surface area contributed by atoms with Crippen LogP contribution in [0.15, 0.2) is 83.8 Å². The van der Waals surface area contributed by atoms with Crippen molar-refractivity contribution >= 4 is 39.1 Å². The van der Waals surface area contributed by atoms with Crippen molar-refractivity contribution in [1.29, 1.82) is 0 Å². The minimum Gasteiger partial charge on any atom is -0.352 e. The van der Waals surface area contributed by atoms with Crippen molar-refractivity contribution in [3.63, 3.8) is 0 Å². The smallest absolute Gasteiger partial charge is 0.264 e. The number of benzene rings is 3. The zero-order chi connectivity index (χ0) is 30.1. The number of halogens is 1. The molecule has 1 atom stereocenters. The third-order valence-corrected chi connectivity index (χ3v) is 9.86. The highest BCUT2D eigenvalue weighted by Crippen LogP contribution is 2.26. The lowest BCUT2D eigenvalue weighted by Crippen LogP contribution is -2.54. The maximum atomic E-state index is 14.2. The van der Waals surface area contributed by atoms with E-state index in [0.29, 0.717) is 23.6 Å². The molecule has 0 radical (unpaired) electrons. The van der Waals surface area contributed by atoms with E-state index >= 15 is 0 Å². The largest absolute Gasteiger partial charge is 0.352 e.